The van der Waals surface area contributed by atoms with Crippen LogP contribution < -0.4 is 0 Å². The Labute approximate surface area is 101 Å². The van der Waals surface area contributed by atoms with Crippen LogP contribution in [0.5, 0.6) is 0 Å². The summed E-state index contributed by atoms with van der Waals surface area (Å²) in [6.45, 7) is 5.07. The minimum absolute atomic E-state index is 0.176. The number of fused-ring (bicyclic) bond motifs is 1. The number of carbonyl (C=O) groups excluding carboxylic acids is 1. The predicted molar refractivity (Wildman–Crippen MR) is 68.1 cm³/mol. The first-order chi connectivity index (χ1) is 7.61. The third-order valence-electron chi connectivity index (χ3n) is 3.36. The average Bonchev–Trinajstić information content (AvgIpc) is 2.69. The maximum Gasteiger partial charge on any atom is 0.263 e. The number of hydrogen-bond acceptors (Lipinski definition) is 2. The van der Waals surface area contributed by atoms with Crippen molar-refractivity contribution >= 4 is 17.2 Å². The van der Waals surface area contributed by atoms with Crippen molar-refractivity contribution in [3.8, 4) is 0 Å². The third kappa shape index (κ3) is 2.14. The highest BCUT2D eigenvalue weighted by molar-refractivity contribution is 7.14. The highest BCUT2D eigenvalue weighted by Crippen LogP contribution is 2.32. The molecule has 1 amide bonds. The molecule has 2 rings (SSSR count). The molecule has 1 aliphatic rings. The van der Waals surface area contributed by atoms with Crippen molar-refractivity contribution in [3.63, 3.8) is 0 Å². The lowest BCUT2D eigenvalue weighted by atomic mass is 9.90. The van der Waals surface area contributed by atoms with Crippen molar-refractivity contribution in [2.24, 2.45) is 5.92 Å². The molecule has 0 aromatic carbocycles. The molecule has 1 heterocycles. The minimum Gasteiger partial charge on any atom is -0.341 e. The van der Waals surface area contributed by atoms with Gasteiger partial charge in [-0.2, -0.15) is 0 Å². The summed E-state index contributed by atoms with van der Waals surface area (Å²) in [6, 6.07) is 2.12. The number of rotatable bonds is 2. The number of nitrogens with zero attached hydrogens (tertiary/aromatic N) is 1. The van der Waals surface area contributed by atoms with E-state index in [-0.39, 0.29) is 5.91 Å². The highest BCUT2D eigenvalue weighted by Gasteiger charge is 2.21. The number of aryl methyl sites for hydroxylation is 1. The summed E-state index contributed by atoms with van der Waals surface area (Å²) in [5, 5.41) is 0. The van der Waals surface area contributed by atoms with Crippen molar-refractivity contribution in [3.05, 3.63) is 21.4 Å². The van der Waals surface area contributed by atoms with Crippen molar-refractivity contribution in [2.75, 3.05) is 13.6 Å². The van der Waals surface area contributed by atoms with E-state index in [9.17, 15) is 4.79 Å². The van der Waals surface area contributed by atoms with Crippen LogP contribution in [0.4, 0.5) is 0 Å². The van der Waals surface area contributed by atoms with Crippen LogP contribution in [-0.2, 0) is 12.8 Å². The molecule has 0 radical (unpaired) electrons. The largest absolute Gasteiger partial charge is 0.341 e. The fraction of sp³-hybridized carbons (Fsp3) is 0.615. The fourth-order valence-electron chi connectivity index (χ4n) is 2.14. The van der Waals surface area contributed by atoms with E-state index in [2.05, 4.69) is 13.0 Å². The molecule has 0 saturated heterocycles. The number of carbonyl (C=O) groups is 1. The molecule has 0 bridgehead atoms. The van der Waals surface area contributed by atoms with Gasteiger partial charge in [-0.3, -0.25) is 4.79 Å². The molecule has 0 aliphatic heterocycles. The second kappa shape index (κ2) is 4.58. The van der Waals surface area contributed by atoms with Crippen molar-refractivity contribution in [2.45, 2.75) is 33.1 Å². The highest BCUT2D eigenvalue weighted by atomic mass is 32.1. The van der Waals surface area contributed by atoms with Gasteiger partial charge in [0.05, 0.1) is 4.88 Å². The molecule has 2 nitrogen and oxygen atoms in total. The van der Waals surface area contributed by atoms with E-state index in [0.717, 1.165) is 30.2 Å². The maximum atomic E-state index is 12.0. The van der Waals surface area contributed by atoms with Gasteiger partial charge in [-0.25, -0.2) is 0 Å². The van der Waals surface area contributed by atoms with Crippen LogP contribution in [0.3, 0.4) is 0 Å². The zero-order valence-electron chi connectivity index (χ0n) is 10.2. The average molecular weight is 237 g/mol. The maximum absolute atomic E-state index is 12.0. The van der Waals surface area contributed by atoms with Gasteiger partial charge in [0, 0.05) is 18.5 Å². The van der Waals surface area contributed by atoms with Crippen molar-refractivity contribution < 1.29 is 4.79 Å². The van der Waals surface area contributed by atoms with Crippen LogP contribution in [0.1, 0.15) is 40.4 Å². The second-order valence-electron chi connectivity index (χ2n) is 4.73. The van der Waals surface area contributed by atoms with Crippen LogP contribution >= 0.6 is 11.3 Å². The van der Waals surface area contributed by atoms with Crippen LogP contribution in [0.2, 0.25) is 0 Å². The van der Waals surface area contributed by atoms with E-state index in [1.54, 1.807) is 16.2 Å². The normalized spacial score (nSPS) is 19.3. The van der Waals surface area contributed by atoms with Crippen molar-refractivity contribution in [1.29, 1.82) is 0 Å². The van der Waals surface area contributed by atoms with E-state index < -0.39 is 0 Å². The lowest BCUT2D eigenvalue weighted by Crippen LogP contribution is -2.25. The quantitative estimate of drug-likeness (QED) is 0.774. The van der Waals surface area contributed by atoms with E-state index in [0.29, 0.717) is 0 Å². The van der Waals surface area contributed by atoms with Gasteiger partial charge in [-0.05, 0) is 43.7 Å². The number of hydrogen-bond donors (Lipinski definition) is 0. The molecule has 3 heteroatoms. The smallest absolute Gasteiger partial charge is 0.263 e. The molecular weight excluding hydrogens is 218 g/mol. The van der Waals surface area contributed by atoms with Gasteiger partial charge in [0.25, 0.3) is 5.91 Å². The molecule has 0 fully saturated rings. The van der Waals surface area contributed by atoms with E-state index in [1.165, 1.54) is 16.9 Å². The lowest BCUT2D eigenvalue weighted by molar-refractivity contribution is 0.0807. The standard InChI is InChI=1S/C13H19NOS/c1-4-14(3)13(15)12-8-10-7-9(2)5-6-11(10)16-12/h8-9H,4-7H2,1-3H3. The van der Waals surface area contributed by atoms with Crippen LogP contribution in [-0.4, -0.2) is 24.4 Å². The zero-order chi connectivity index (χ0) is 11.7. The summed E-state index contributed by atoms with van der Waals surface area (Å²) in [6.07, 6.45) is 3.57. The van der Waals surface area contributed by atoms with Crippen LogP contribution in [0, 0.1) is 5.92 Å². The summed E-state index contributed by atoms with van der Waals surface area (Å²) < 4.78 is 0. The Morgan fingerprint density at radius 2 is 2.38 bits per heavy atom. The van der Waals surface area contributed by atoms with Crippen LogP contribution in [0.15, 0.2) is 6.07 Å². The molecule has 1 atom stereocenters. The Morgan fingerprint density at radius 1 is 1.62 bits per heavy atom. The van der Waals surface area contributed by atoms with E-state index in [1.807, 2.05) is 14.0 Å². The Balaban J connectivity index is 2.22. The van der Waals surface area contributed by atoms with Crippen molar-refractivity contribution in [1.82, 2.24) is 4.90 Å². The topological polar surface area (TPSA) is 20.3 Å². The molecule has 1 aliphatic carbocycles. The van der Waals surface area contributed by atoms with Gasteiger partial charge in [-0.15, -0.1) is 11.3 Å². The van der Waals surface area contributed by atoms with E-state index >= 15 is 0 Å². The van der Waals surface area contributed by atoms with Gasteiger partial charge in [-0.1, -0.05) is 6.92 Å². The summed E-state index contributed by atoms with van der Waals surface area (Å²) in [4.78, 5) is 16.1. The first-order valence-corrected chi connectivity index (χ1v) is 6.80. The molecule has 88 valence electrons. The summed E-state index contributed by atoms with van der Waals surface area (Å²) in [5.41, 5.74) is 1.41. The van der Waals surface area contributed by atoms with Gasteiger partial charge >= 0.3 is 0 Å². The molecule has 0 spiro atoms. The summed E-state index contributed by atoms with van der Waals surface area (Å²) in [5.74, 6) is 0.948. The molecule has 1 aromatic rings. The zero-order valence-corrected chi connectivity index (χ0v) is 11.1. The number of thiophene rings is 1. The SMILES string of the molecule is CCN(C)C(=O)c1cc2c(s1)CCC(C)C2. The Bertz CT molecular complexity index is 397. The molecule has 1 unspecified atom stereocenters. The lowest BCUT2D eigenvalue weighted by Gasteiger charge is -2.16. The predicted octanol–water partition coefficient (Wildman–Crippen LogP) is 2.96. The Hall–Kier alpha value is -0.830. The molecule has 1 aromatic heterocycles. The summed E-state index contributed by atoms with van der Waals surface area (Å²) >= 11 is 1.70. The molecule has 16 heavy (non-hydrogen) atoms. The second-order valence-corrected chi connectivity index (χ2v) is 5.86. The monoisotopic (exact) mass is 237 g/mol. The minimum atomic E-state index is 0.176. The first kappa shape index (κ1) is 11.6. The summed E-state index contributed by atoms with van der Waals surface area (Å²) in [7, 11) is 1.86. The van der Waals surface area contributed by atoms with Gasteiger partial charge in [0.2, 0.25) is 0 Å². The molecule has 0 saturated carbocycles. The first-order valence-electron chi connectivity index (χ1n) is 5.98. The third-order valence-corrected chi connectivity index (χ3v) is 4.59. The molecule has 0 N–H and O–H groups in total. The fourth-order valence-corrected chi connectivity index (χ4v) is 3.35. The molecular formula is C13H19NOS. The van der Waals surface area contributed by atoms with Gasteiger partial charge < -0.3 is 4.90 Å². The van der Waals surface area contributed by atoms with Gasteiger partial charge in [0.15, 0.2) is 0 Å². The van der Waals surface area contributed by atoms with Crippen LogP contribution in [0.25, 0.3) is 0 Å². The number of amides is 1. The Morgan fingerprint density at radius 3 is 3.06 bits per heavy atom. The van der Waals surface area contributed by atoms with E-state index in [4.69, 9.17) is 0 Å². The van der Waals surface area contributed by atoms with Gasteiger partial charge in [0.1, 0.15) is 0 Å². The Kier molecular flexibility index (Phi) is 3.33.